The molecule has 1 aliphatic heterocycles. The number of nitrogens with one attached hydrogen (secondary N) is 1. The summed E-state index contributed by atoms with van der Waals surface area (Å²) in [5.41, 5.74) is 1.58. The molecule has 4 rings (SSSR count). The molecule has 0 atom stereocenters. The van der Waals surface area contributed by atoms with Crippen LogP contribution in [0, 0.1) is 0 Å². The van der Waals surface area contributed by atoms with E-state index in [0.29, 0.717) is 41.0 Å². The summed E-state index contributed by atoms with van der Waals surface area (Å²) in [5.74, 6) is -0.456. The zero-order valence-corrected chi connectivity index (χ0v) is 20.9. The number of barbiturate groups is 1. The van der Waals surface area contributed by atoms with Gasteiger partial charge in [0.1, 0.15) is 23.7 Å². The summed E-state index contributed by atoms with van der Waals surface area (Å²) < 4.78 is 12.1. The van der Waals surface area contributed by atoms with E-state index < -0.39 is 17.8 Å². The Morgan fingerprint density at radius 3 is 2.37 bits per heavy atom. The van der Waals surface area contributed by atoms with Gasteiger partial charge >= 0.3 is 6.03 Å². The van der Waals surface area contributed by atoms with Gasteiger partial charge in [0.05, 0.1) is 12.3 Å². The van der Waals surface area contributed by atoms with Crippen LogP contribution in [0.3, 0.4) is 0 Å². The van der Waals surface area contributed by atoms with Gasteiger partial charge in [-0.2, -0.15) is 0 Å². The molecule has 1 N–H and O–H groups in total. The van der Waals surface area contributed by atoms with Gasteiger partial charge in [0.15, 0.2) is 0 Å². The fourth-order valence-corrected chi connectivity index (χ4v) is 3.91. The number of rotatable bonds is 7. The lowest BCUT2D eigenvalue weighted by atomic mass is 10.1. The zero-order chi connectivity index (χ0) is 24.9. The number of amides is 4. The average Bonchev–Trinajstić information content (AvgIpc) is 2.84. The van der Waals surface area contributed by atoms with Crippen molar-refractivity contribution >= 4 is 57.1 Å². The Morgan fingerprint density at radius 1 is 0.971 bits per heavy atom. The van der Waals surface area contributed by atoms with Gasteiger partial charge in [-0.15, -0.1) is 0 Å². The smallest absolute Gasteiger partial charge is 0.335 e. The zero-order valence-electron chi connectivity index (χ0n) is 18.6. The predicted octanol–water partition coefficient (Wildman–Crippen LogP) is 5.75. The van der Waals surface area contributed by atoms with Crippen molar-refractivity contribution in [1.29, 1.82) is 0 Å². The third kappa shape index (κ3) is 5.72. The first-order valence-corrected chi connectivity index (χ1v) is 11.8. The second kappa shape index (κ2) is 10.8. The second-order valence-electron chi connectivity index (χ2n) is 7.48. The summed E-state index contributed by atoms with van der Waals surface area (Å²) in [6.07, 6.45) is 1.41. The van der Waals surface area contributed by atoms with Gasteiger partial charge in [0.2, 0.25) is 0 Å². The normalized spacial score (nSPS) is 14.8. The maximum atomic E-state index is 13.2. The summed E-state index contributed by atoms with van der Waals surface area (Å²) >= 11 is 9.28. The number of anilines is 1. The van der Waals surface area contributed by atoms with Crippen LogP contribution in [0.15, 0.2) is 76.8 Å². The van der Waals surface area contributed by atoms with Crippen LogP contribution in [0.4, 0.5) is 10.5 Å². The van der Waals surface area contributed by atoms with Crippen molar-refractivity contribution in [1.82, 2.24) is 5.32 Å². The molecule has 1 fully saturated rings. The third-order valence-corrected chi connectivity index (χ3v) is 5.83. The van der Waals surface area contributed by atoms with Crippen LogP contribution in [0.25, 0.3) is 6.08 Å². The molecule has 9 heteroatoms. The topological polar surface area (TPSA) is 84.9 Å². The van der Waals surface area contributed by atoms with Crippen LogP contribution in [0.2, 0.25) is 5.02 Å². The number of benzene rings is 3. The number of carbonyl (C=O) groups excluding carboxylic acids is 3. The highest BCUT2D eigenvalue weighted by molar-refractivity contribution is 9.10. The summed E-state index contributed by atoms with van der Waals surface area (Å²) in [7, 11) is 0. The first kappa shape index (κ1) is 24.5. The third-order valence-electron chi connectivity index (χ3n) is 5.09. The summed E-state index contributed by atoms with van der Waals surface area (Å²) in [4.78, 5) is 39.2. The standard InChI is InChI=1S/C26H20BrClN2O5/c1-2-34-23-12-5-18(27)13-17(23)14-22-24(31)29-26(33)30(25(22)32)20-8-10-21(11-9-20)35-15-16-3-6-19(28)7-4-16/h3-14H,2,15H2,1H3,(H,29,31,33)/b22-14+. The maximum absolute atomic E-state index is 13.2. The summed E-state index contributed by atoms with van der Waals surface area (Å²) in [5, 5.41) is 2.87. The van der Waals surface area contributed by atoms with Crippen LogP contribution in [0.1, 0.15) is 18.1 Å². The Balaban J connectivity index is 1.56. The molecule has 1 saturated heterocycles. The van der Waals surface area contributed by atoms with Crippen molar-refractivity contribution < 1.29 is 23.9 Å². The van der Waals surface area contributed by atoms with Gasteiger partial charge < -0.3 is 9.47 Å². The Morgan fingerprint density at radius 2 is 1.69 bits per heavy atom. The number of halogens is 2. The van der Waals surface area contributed by atoms with Crippen molar-refractivity contribution in [3.05, 3.63) is 92.9 Å². The van der Waals surface area contributed by atoms with Gasteiger partial charge in [-0.05, 0) is 73.2 Å². The molecule has 1 heterocycles. The average molecular weight is 556 g/mol. The molecule has 0 saturated carbocycles. The number of imide groups is 2. The molecule has 1 aliphatic rings. The molecule has 0 spiro atoms. The highest BCUT2D eigenvalue weighted by atomic mass is 79.9. The fraction of sp³-hybridized carbons (Fsp3) is 0.115. The molecular formula is C26H20BrClN2O5. The van der Waals surface area contributed by atoms with Gasteiger partial charge in [0.25, 0.3) is 11.8 Å². The number of hydrogen-bond donors (Lipinski definition) is 1. The molecule has 35 heavy (non-hydrogen) atoms. The van der Waals surface area contributed by atoms with Gasteiger partial charge in [0, 0.05) is 15.1 Å². The monoisotopic (exact) mass is 554 g/mol. The van der Waals surface area contributed by atoms with E-state index in [-0.39, 0.29) is 5.57 Å². The minimum atomic E-state index is -0.828. The second-order valence-corrected chi connectivity index (χ2v) is 8.83. The molecular weight excluding hydrogens is 536 g/mol. The number of carbonyl (C=O) groups is 3. The first-order chi connectivity index (χ1) is 16.9. The van der Waals surface area contributed by atoms with E-state index in [9.17, 15) is 14.4 Å². The quantitative estimate of drug-likeness (QED) is 0.297. The molecule has 7 nitrogen and oxygen atoms in total. The molecule has 0 radical (unpaired) electrons. The van der Waals surface area contributed by atoms with Gasteiger partial charge in [-0.3, -0.25) is 14.9 Å². The van der Waals surface area contributed by atoms with Crippen LogP contribution < -0.4 is 19.7 Å². The van der Waals surface area contributed by atoms with E-state index >= 15 is 0 Å². The van der Waals surface area contributed by atoms with E-state index in [0.717, 1.165) is 14.9 Å². The highest BCUT2D eigenvalue weighted by Gasteiger charge is 2.37. The summed E-state index contributed by atoms with van der Waals surface area (Å²) in [6, 6.07) is 18.2. The molecule has 3 aromatic carbocycles. The Bertz CT molecular complexity index is 1310. The molecule has 0 unspecified atom stereocenters. The minimum absolute atomic E-state index is 0.188. The van der Waals surface area contributed by atoms with Crippen LogP contribution in [0.5, 0.6) is 11.5 Å². The number of hydrogen-bond acceptors (Lipinski definition) is 5. The molecule has 0 aliphatic carbocycles. The van der Waals surface area contributed by atoms with E-state index in [1.165, 1.54) is 6.08 Å². The van der Waals surface area contributed by atoms with Gasteiger partial charge in [-0.1, -0.05) is 39.7 Å². The lowest BCUT2D eigenvalue weighted by molar-refractivity contribution is -0.122. The molecule has 0 aromatic heterocycles. The van der Waals surface area contributed by atoms with Gasteiger partial charge in [-0.25, -0.2) is 9.69 Å². The highest BCUT2D eigenvalue weighted by Crippen LogP contribution is 2.29. The van der Waals surface area contributed by atoms with Crippen molar-refractivity contribution in [3.8, 4) is 11.5 Å². The summed E-state index contributed by atoms with van der Waals surface area (Å²) in [6.45, 7) is 2.57. The van der Waals surface area contributed by atoms with Crippen molar-refractivity contribution in [2.75, 3.05) is 11.5 Å². The lowest BCUT2D eigenvalue weighted by Crippen LogP contribution is -2.54. The fourth-order valence-electron chi connectivity index (χ4n) is 3.41. The predicted molar refractivity (Wildman–Crippen MR) is 137 cm³/mol. The Kier molecular flexibility index (Phi) is 7.53. The van der Waals surface area contributed by atoms with Crippen LogP contribution in [-0.2, 0) is 16.2 Å². The van der Waals surface area contributed by atoms with E-state index in [4.69, 9.17) is 21.1 Å². The maximum Gasteiger partial charge on any atom is 0.335 e. The molecule has 3 aromatic rings. The molecule has 0 bridgehead atoms. The molecule has 178 valence electrons. The SMILES string of the molecule is CCOc1ccc(Br)cc1/C=C1\C(=O)NC(=O)N(c2ccc(OCc3ccc(Cl)cc3)cc2)C1=O. The Hall–Kier alpha value is -3.62. The van der Waals surface area contributed by atoms with Crippen LogP contribution >= 0.6 is 27.5 Å². The van der Waals surface area contributed by atoms with E-state index in [1.54, 1.807) is 54.6 Å². The van der Waals surface area contributed by atoms with E-state index in [1.807, 2.05) is 19.1 Å². The number of ether oxygens (including phenoxy) is 2. The lowest BCUT2D eigenvalue weighted by Gasteiger charge is -2.26. The van der Waals surface area contributed by atoms with E-state index in [2.05, 4.69) is 21.2 Å². The van der Waals surface area contributed by atoms with Crippen molar-refractivity contribution in [2.45, 2.75) is 13.5 Å². The Labute approximate surface area is 215 Å². The van der Waals surface area contributed by atoms with Crippen molar-refractivity contribution in [3.63, 3.8) is 0 Å². The van der Waals surface area contributed by atoms with Crippen LogP contribution in [-0.4, -0.2) is 24.5 Å². The number of nitrogens with zero attached hydrogens (tertiary/aromatic N) is 1. The number of urea groups is 1. The first-order valence-electron chi connectivity index (χ1n) is 10.7. The largest absolute Gasteiger partial charge is 0.493 e. The van der Waals surface area contributed by atoms with Crippen molar-refractivity contribution in [2.24, 2.45) is 0 Å². The molecule has 4 amide bonds. The minimum Gasteiger partial charge on any atom is -0.493 e.